The van der Waals surface area contributed by atoms with Crippen molar-refractivity contribution < 1.29 is 19.0 Å². The molecule has 0 aromatic heterocycles. The molecule has 0 saturated heterocycles. The van der Waals surface area contributed by atoms with Crippen LogP contribution in [0.15, 0.2) is 35.4 Å². The number of methoxy groups -OCH3 is 3. The van der Waals surface area contributed by atoms with Gasteiger partial charge in [-0.05, 0) is 37.1 Å². The molecule has 0 aliphatic carbocycles. The minimum absolute atomic E-state index is 0.354. The SMILES string of the molecule is COc1cc(C(=O)NN=Cc2ccc(C)cc2C)cc(OC)c1OC. The Morgan fingerprint density at radius 1 is 1.00 bits per heavy atom. The topological polar surface area (TPSA) is 69.2 Å². The van der Waals surface area contributed by atoms with Crippen molar-refractivity contribution in [2.24, 2.45) is 5.10 Å². The minimum atomic E-state index is -0.375. The van der Waals surface area contributed by atoms with Gasteiger partial charge < -0.3 is 14.2 Å². The van der Waals surface area contributed by atoms with E-state index in [1.807, 2.05) is 26.0 Å². The molecule has 2 aromatic rings. The summed E-state index contributed by atoms with van der Waals surface area (Å²) < 4.78 is 15.7. The van der Waals surface area contributed by atoms with Gasteiger partial charge in [-0.1, -0.05) is 23.8 Å². The monoisotopic (exact) mass is 342 g/mol. The van der Waals surface area contributed by atoms with E-state index in [2.05, 4.69) is 16.6 Å². The van der Waals surface area contributed by atoms with E-state index >= 15 is 0 Å². The van der Waals surface area contributed by atoms with E-state index in [9.17, 15) is 4.79 Å². The molecule has 1 N–H and O–H groups in total. The van der Waals surface area contributed by atoms with Gasteiger partial charge in [0.15, 0.2) is 11.5 Å². The molecule has 0 saturated carbocycles. The van der Waals surface area contributed by atoms with Crippen LogP contribution in [-0.2, 0) is 0 Å². The fourth-order valence-corrected chi connectivity index (χ4v) is 2.41. The number of hydrazone groups is 1. The van der Waals surface area contributed by atoms with Crippen LogP contribution in [0.4, 0.5) is 0 Å². The predicted molar refractivity (Wildman–Crippen MR) is 97.1 cm³/mol. The summed E-state index contributed by atoms with van der Waals surface area (Å²) in [5, 5.41) is 4.02. The number of ether oxygens (including phenoxy) is 3. The van der Waals surface area contributed by atoms with Crippen molar-refractivity contribution in [1.29, 1.82) is 0 Å². The third kappa shape index (κ3) is 4.29. The van der Waals surface area contributed by atoms with E-state index in [0.717, 1.165) is 11.1 Å². The van der Waals surface area contributed by atoms with Crippen LogP contribution in [0.1, 0.15) is 27.0 Å². The highest BCUT2D eigenvalue weighted by Crippen LogP contribution is 2.38. The zero-order valence-corrected chi connectivity index (χ0v) is 15.0. The first-order valence-electron chi connectivity index (χ1n) is 7.70. The summed E-state index contributed by atoms with van der Waals surface area (Å²) in [5.74, 6) is 0.872. The van der Waals surface area contributed by atoms with Crippen LogP contribution in [0, 0.1) is 13.8 Å². The van der Waals surface area contributed by atoms with Crippen molar-refractivity contribution in [2.45, 2.75) is 13.8 Å². The van der Waals surface area contributed by atoms with Gasteiger partial charge in [0.2, 0.25) is 5.75 Å². The molecular weight excluding hydrogens is 320 g/mol. The Bertz CT molecular complexity index is 775. The standard InChI is InChI=1S/C19H22N2O4/c1-12-6-7-14(13(2)8-12)11-20-21-19(22)15-9-16(23-3)18(25-5)17(10-15)24-4/h6-11H,1-5H3,(H,21,22). The van der Waals surface area contributed by atoms with Crippen LogP contribution in [-0.4, -0.2) is 33.5 Å². The molecule has 2 aromatic carbocycles. The number of nitrogens with one attached hydrogen (secondary N) is 1. The average molecular weight is 342 g/mol. The molecule has 0 spiro atoms. The second-order valence-electron chi connectivity index (χ2n) is 5.47. The van der Waals surface area contributed by atoms with Crippen LogP contribution in [0.5, 0.6) is 17.2 Å². The molecule has 6 heteroatoms. The lowest BCUT2D eigenvalue weighted by atomic mass is 10.1. The molecular formula is C19H22N2O4. The first kappa shape index (κ1) is 18.3. The zero-order chi connectivity index (χ0) is 18.4. The van der Waals surface area contributed by atoms with Crippen LogP contribution in [0.3, 0.4) is 0 Å². The number of hydrogen-bond donors (Lipinski definition) is 1. The molecule has 0 atom stereocenters. The van der Waals surface area contributed by atoms with Gasteiger partial charge in [0, 0.05) is 5.56 Å². The smallest absolute Gasteiger partial charge is 0.271 e. The molecule has 0 radical (unpaired) electrons. The molecule has 6 nitrogen and oxygen atoms in total. The maximum atomic E-state index is 12.3. The number of benzene rings is 2. The summed E-state index contributed by atoms with van der Waals surface area (Å²) >= 11 is 0. The highest BCUT2D eigenvalue weighted by molar-refractivity contribution is 5.96. The molecule has 0 bridgehead atoms. The molecule has 0 heterocycles. The summed E-state index contributed by atoms with van der Waals surface area (Å²) in [6.07, 6.45) is 1.62. The normalized spacial score (nSPS) is 10.6. The molecule has 25 heavy (non-hydrogen) atoms. The summed E-state index contributed by atoms with van der Waals surface area (Å²) in [4.78, 5) is 12.3. The van der Waals surface area contributed by atoms with Crippen molar-refractivity contribution in [3.05, 3.63) is 52.6 Å². The number of aryl methyl sites for hydroxylation is 2. The molecule has 0 aliphatic heterocycles. The predicted octanol–water partition coefficient (Wildman–Crippen LogP) is 3.09. The van der Waals surface area contributed by atoms with Crippen LogP contribution < -0.4 is 19.6 Å². The second-order valence-corrected chi connectivity index (χ2v) is 5.47. The summed E-state index contributed by atoms with van der Waals surface area (Å²) in [6.45, 7) is 4.02. The largest absolute Gasteiger partial charge is 0.493 e. The fourth-order valence-electron chi connectivity index (χ4n) is 2.41. The van der Waals surface area contributed by atoms with Crippen molar-refractivity contribution in [3.63, 3.8) is 0 Å². The first-order valence-corrected chi connectivity index (χ1v) is 7.70. The molecule has 0 fully saturated rings. The Labute approximate surface area is 147 Å². The van der Waals surface area contributed by atoms with E-state index in [4.69, 9.17) is 14.2 Å². The van der Waals surface area contributed by atoms with E-state index in [1.165, 1.54) is 26.9 Å². The van der Waals surface area contributed by atoms with Gasteiger partial charge in [-0.15, -0.1) is 0 Å². The van der Waals surface area contributed by atoms with Crippen LogP contribution >= 0.6 is 0 Å². The van der Waals surface area contributed by atoms with Crippen molar-refractivity contribution in [3.8, 4) is 17.2 Å². The Morgan fingerprint density at radius 2 is 1.64 bits per heavy atom. The number of carbonyl (C=O) groups excluding carboxylic acids is 1. The first-order chi connectivity index (χ1) is 12.0. The van der Waals surface area contributed by atoms with Gasteiger partial charge in [-0.2, -0.15) is 5.10 Å². The summed E-state index contributed by atoms with van der Waals surface area (Å²) in [7, 11) is 4.50. The maximum Gasteiger partial charge on any atom is 0.271 e. The van der Waals surface area contributed by atoms with Gasteiger partial charge in [0.05, 0.1) is 27.5 Å². The van der Waals surface area contributed by atoms with Crippen molar-refractivity contribution in [1.82, 2.24) is 5.43 Å². The molecule has 0 aliphatic rings. The number of carbonyl (C=O) groups is 1. The second kappa shape index (κ2) is 8.19. The lowest BCUT2D eigenvalue weighted by Gasteiger charge is -2.13. The third-order valence-corrected chi connectivity index (χ3v) is 3.72. The van der Waals surface area contributed by atoms with E-state index in [-0.39, 0.29) is 5.91 Å². The van der Waals surface area contributed by atoms with Gasteiger partial charge >= 0.3 is 0 Å². The maximum absolute atomic E-state index is 12.3. The molecule has 1 amide bonds. The van der Waals surface area contributed by atoms with Gasteiger partial charge in [-0.3, -0.25) is 4.79 Å². The highest BCUT2D eigenvalue weighted by atomic mass is 16.5. The lowest BCUT2D eigenvalue weighted by Crippen LogP contribution is -2.18. The van der Waals surface area contributed by atoms with E-state index in [1.54, 1.807) is 18.3 Å². The zero-order valence-electron chi connectivity index (χ0n) is 15.0. The number of nitrogens with zero attached hydrogens (tertiary/aromatic N) is 1. The third-order valence-electron chi connectivity index (χ3n) is 3.72. The lowest BCUT2D eigenvalue weighted by molar-refractivity contribution is 0.0954. The molecule has 0 unspecified atom stereocenters. The summed E-state index contributed by atoms with van der Waals surface area (Å²) in [5.41, 5.74) is 6.07. The van der Waals surface area contributed by atoms with Crippen molar-refractivity contribution >= 4 is 12.1 Å². The molecule has 132 valence electrons. The van der Waals surface area contributed by atoms with Gasteiger partial charge in [-0.25, -0.2) is 5.43 Å². The molecule has 2 rings (SSSR count). The minimum Gasteiger partial charge on any atom is -0.493 e. The quantitative estimate of drug-likeness (QED) is 0.647. The van der Waals surface area contributed by atoms with Crippen LogP contribution in [0.25, 0.3) is 0 Å². The fraction of sp³-hybridized carbons (Fsp3) is 0.263. The van der Waals surface area contributed by atoms with E-state index < -0.39 is 0 Å². The number of amides is 1. The Hall–Kier alpha value is -3.02. The Kier molecular flexibility index (Phi) is 6.00. The average Bonchev–Trinajstić information content (AvgIpc) is 2.61. The summed E-state index contributed by atoms with van der Waals surface area (Å²) in [6, 6.07) is 9.16. The highest BCUT2D eigenvalue weighted by Gasteiger charge is 2.16. The van der Waals surface area contributed by atoms with E-state index in [0.29, 0.717) is 22.8 Å². The van der Waals surface area contributed by atoms with Crippen molar-refractivity contribution in [2.75, 3.05) is 21.3 Å². The van der Waals surface area contributed by atoms with Gasteiger partial charge in [0.1, 0.15) is 0 Å². The Morgan fingerprint density at radius 3 is 2.16 bits per heavy atom. The van der Waals surface area contributed by atoms with Gasteiger partial charge in [0.25, 0.3) is 5.91 Å². The Balaban J connectivity index is 2.19. The number of rotatable bonds is 6. The van der Waals surface area contributed by atoms with Crippen LogP contribution in [0.2, 0.25) is 0 Å². The number of hydrogen-bond acceptors (Lipinski definition) is 5.